The monoisotopic (exact) mass is 222 g/mol. The maximum Gasteiger partial charge on any atom is 0.0681 e. The van der Waals surface area contributed by atoms with Gasteiger partial charge in [-0.05, 0) is 38.3 Å². The summed E-state index contributed by atoms with van der Waals surface area (Å²) in [5.41, 5.74) is 3.02. The lowest BCUT2D eigenvalue weighted by Gasteiger charge is -2.24. The molecule has 2 heteroatoms. The Kier molecular flexibility index (Phi) is 4.51. The molecule has 2 nitrogen and oxygen atoms in total. The lowest BCUT2D eigenvalue weighted by molar-refractivity contribution is 0.0248. The largest absolute Gasteiger partial charge is 0.390 e. The highest BCUT2D eigenvalue weighted by atomic mass is 16.5. The van der Waals surface area contributed by atoms with Crippen molar-refractivity contribution in [2.24, 2.45) is 0 Å². The van der Waals surface area contributed by atoms with Crippen molar-refractivity contribution in [1.29, 1.82) is 0 Å². The molecule has 1 aromatic carbocycles. The predicted octanol–water partition coefficient (Wildman–Crippen LogP) is 2.63. The van der Waals surface area contributed by atoms with E-state index < -0.39 is 5.60 Å². The Morgan fingerprint density at radius 2 is 2.00 bits per heavy atom. The first-order valence-corrected chi connectivity index (χ1v) is 5.72. The topological polar surface area (TPSA) is 29.5 Å². The van der Waals surface area contributed by atoms with Crippen LogP contribution in [0.3, 0.4) is 0 Å². The SMILES string of the molecule is COCCC(C)(O)Cc1cc(C)ccc1C. The van der Waals surface area contributed by atoms with Crippen LogP contribution in [0, 0.1) is 13.8 Å². The summed E-state index contributed by atoms with van der Waals surface area (Å²) < 4.78 is 5.01. The molecule has 0 amide bonds. The third kappa shape index (κ3) is 3.95. The van der Waals surface area contributed by atoms with Crippen molar-refractivity contribution in [3.63, 3.8) is 0 Å². The Balaban J connectivity index is 2.74. The zero-order valence-corrected chi connectivity index (χ0v) is 10.7. The van der Waals surface area contributed by atoms with Gasteiger partial charge in [0.1, 0.15) is 0 Å². The van der Waals surface area contributed by atoms with Crippen molar-refractivity contribution in [2.45, 2.75) is 39.2 Å². The van der Waals surface area contributed by atoms with Gasteiger partial charge >= 0.3 is 0 Å². The maximum absolute atomic E-state index is 10.2. The molecular formula is C14H22O2. The number of methoxy groups -OCH3 is 1. The number of rotatable bonds is 5. The molecule has 1 aromatic rings. The molecule has 0 heterocycles. The second-order valence-electron chi connectivity index (χ2n) is 4.85. The fraction of sp³-hybridized carbons (Fsp3) is 0.571. The molecular weight excluding hydrogens is 200 g/mol. The van der Waals surface area contributed by atoms with Crippen molar-refractivity contribution in [1.82, 2.24) is 0 Å². The Morgan fingerprint density at radius 1 is 1.31 bits per heavy atom. The molecule has 1 rings (SSSR count). The molecule has 0 bridgehead atoms. The number of aryl methyl sites for hydroxylation is 2. The van der Waals surface area contributed by atoms with Gasteiger partial charge in [0.15, 0.2) is 0 Å². The minimum Gasteiger partial charge on any atom is -0.390 e. The van der Waals surface area contributed by atoms with Gasteiger partial charge in [0.05, 0.1) is 5.60 Å². The summed E-state index contributed by atoms with van der Waals surface area (Å²) >= 11 is 0. The maximum atomic E-state index is 10.2. The number of benzene rings is 1. The zero-order chi connectivity index (χ0) is 12.2. The van der Waals surface area contributed by atoms with E-state index in [1.54, 1.807) is 7.11 Å². The quantitative estimate of drug-likeness (QED) is 0.830. The molecule has 0 aliphatic rings. The van der Waals surface area contributed by atoms with E-state index in [0.29, 0.717) is 19.4 Å². The summed E-state index contributed by atoms with van der Waals surface area (Å²) in [5, 5.41) is 10.2. The third-order valence-corrected chi connectivity index (χ3v) is 2.92. The van der Waals surface area contributed by atoms with E-state index in [1.165, 1.54) is 16.7 Å². The molecule has 0 aliphatic heterocycles. The highest BCUT2D eigenvalue weighted by Crippen LogP contribution is 2.20. The van der Waals surface area contributed by atoms with Gasteiger partial charge in [0, 0.05) is 20.1 Å². The lowest BCUT2D eigenvalue weighted by atomic mass is 9.90. The van der Waals surface area contributed by atoms with Gasteiger partial charge in [-0.25, -0.2) is 0 Å². The first kappa shape index (κ1) is 13.2. The normalized spacial score (nSPS) is 14.8. The Labute approximate surface area is 98.3 Å². The summed E-state index contributed by atoms with van der Waals surface area (Å²) in [6.45, 7) is 6.62. The molecule has 0 fully saturated rings. The van der Waals surface area contributed by atoms with Gasteiger partial charge < -0.3 is 9.84 Å². The summed E-state index contributed by atoms with van der Waals surface area (Å²) in [4.78, 5) is 0. The van der Waals surface area contributed by atoms with Crippen LogP contribution in [-0.4, -0.2) is 24.4 Å². The molecule has 1 atom stereocenters. The lowest BCUT2D eigenvalue weighted by Crippen LogP contribution is -2.29. The van der Waals surface area contributed by atoms with Crippen LogP contribution in [0.15, 0.2) is 18.2 Å². The van der Waals surface area contributed by atoms with Crippen LogP contribution in [0.2, 0.25) is 0 Å². The summed E-state index contributed by atoms with van der Waals surface area (Å²) in [7, 11) is 1.66. The highest BCUT2D eigenvalue weighted by molar-refractivity contribution is 5.31. The van der Waals surface area contributed by atoms with Crippen LogP contribution in [-0.2, 0) is 11.2 Å². The molecule has 0 aliphatic carbocycles. The van der Waals surface area contributed by atoms with Crippen LogP contribution < -0.4 is 0 Å². The average Bonchev–Trinajstić information content (AvgIpc) is 2.20. The van der Waals surface area contributed by atoms with Gasteiger partial charge in [-0.15, -0.1) is 0 Å². The molecule has 0 saturated carbocycles. The second-order valence-corrected chi connectivity index (χ2v) is 4.85. The van der Waals surface area contributed by atoms with Crippen LogP contribution in [0.1, 0.15) is 30.0 Å². The van der Waals surface area contributed by atoms with E-state index in [2.05, 4.69) is 32.0 Å². The van der Waals surface area contributed by atoms with Crippen molar-refractivity contribution < 1.29 is 9.84 Å². The van der Waals surface area contributed by atoms with Crippen LogP contribution in [0.4, 0.5) is 0 Å². The standard InChI is InChI=1S/C14H22O2/c1-11-5-6-12(2)13(9-11)10-14(3,15)7-8-16-4/h5-6,9,15H,7-8,10H2,1-4H3. The van der Waals surface area contributed by atoms with Crippen LogP contribution in [0.5, 0.6) is 0 Å². The van der Waals surface area contributed by atoms with Crippen molar-refractivity contribution >= 4 is 0 Å². The highest BCUT2D eigenvalue weighted by Gasteiger charge is 2.21. The fourth-order valence-corrected chi connectivity index (χ4v) is 1.81. The fourth-order valence-electron chi connectivity index (χ4n) is 1.81. The Morgan fingerprint density at radius 3 is 2.62 bits per heavy atom. The smallest absolute Gasteiger partial charge is 0.0681 e. The van der Waals surface area contributed by atoms with E-state index in [1.807, 2.05) is 6.92 Å². The number of hydrogen-bond donors (Lipinski definition) is 1. The molecule has 0 radical (unpaired) electrons. The van der Waals surface area contributed by atoms with Crippen molar-refractivity contribution in [3.8, 4) is 0 Å². The van der Waals surface area contributed by atoms with E-state index in [4.69, 9.17) is 4.74 Å². The molecule has 0 spiro atoms. The van der Waals surface area contributed by atoms with Crippen LogP contribution >= 0.6 is 0 Å². The predicted molar refractivity (Wildman–Crippen MR) is 66.7 cm³/mol. The first-order chi connectivity index (χ1) is 7.44. The number of ether oxygens (including phenoxy) is 1. The molecule has 16 heavy (non-hydrogen) atoms. The average molecular weight is 222 g/mol. The summed E-state index contributed by atoms with van der Waals surface area (Å²) in [6, 6.07) is 6.36. The molecule has 1 N–H and O–H groups in total. The number of aliphatic hydroxyl groups is 1. The van der Waals surface area contributed by atoms with Gasteiger partial charge in [-0.2, -0.15) is 0 Å². The zero-order valence-electron chi connectivity index (χ0n) is 10.7. The Bertz CT molecular complexity index is 343. The van der Waals surface area contributed by atoms with Crippen molar-refractivity contribution in [2.75, 3.05) is 13.7 Å². The molecule has 0 saturated heterocycles. The van der Waals surface area contributed by atoms with E-state index in [9.17, 15) is 5.11 Å². The number of hydrogen-bond acceptors (Lipinski definition) is 2. The van der Waals surface area contributed by atoms with Crippen LogP contribution in [0.25, 0.3) is 0 Å². The first-order valence-electron chi connectivity index (χ1n) is 5.72. The summed E-state index contributed by atoms with van der Waals surface area (Å²) in [5.74, 6) is 0. The third-order valence-electron chi connectivity index (χ3n) is 2.92. The Hall–Kier alpha value is -0.860. The minimum absolute atomic E-state index is 0.595. The van der Waals surface area contributed by atoms with E-state index >= 15 is 0 Å². The minimum atomic E-state index is -0.686. The summed E-state index contributed by atoms with van der Waals surface area (Å²) in [6.07, 6.45) is 1.35. The van der Waals surface area contributed by atoms with Gasteiger partial charge in [-0.1, -0.05) is 23.8 Å². The van der Waals surface area contributed by atoms with Gasteiger partial charge in [0.25, 0.3) is 0 Å². The molecule has 0 aromatic heterocycles. The molecule has 1 unspecified atom stereocenters. The second kappa shape index (κ2) is 5.46. The van der Waals surface area contributed by atoms with Gasteiger partial charge in [-0.3, -0.25) is 0 Å². The van der Waals surface area contributed by atoms with Crippen molar-refractivity contribution in [3.05, 3.63) is 34.9 Å². The molecule has 90 valence electrons. The van der Waals surface area contributed by atoms with Gasteiger partial charge in [0.2, 0.25) is 0 Å². The van der Waals surface area contributed by atoms with E-state index in [0.717, 1.165) is 0 Å². The van der Waals surface area contributed by atoms with E-state index in [-0.39, 0.29) is 0 Å².